The number of amides is 1. The molecule has 2 rings (SSSR count). The molecule has 1 fully saturated rings. The Hall–Kier alpha value is -1.07. The predicted molar refractivity (Wildman–Crippen MR) is 90.4 cm³/mol. The lowest BCUT2D eigenvalue weighted by Gasteiger charge is -2.35. The number of benzene rings is 1. The van der Waals surface area contributed by atoms with Gasteiger partial charge in [0.2, 0.25) is 5.91 Å². The first kappa shape index (κ1) is 16.3. The Bertz CT molecular complexity index is 498. The van der Waals surface area contributed by atoms with Crippen molar-refractivity contribution in [1.29, 1.82) is 0 Å². The van der Waals surface area contributed by atoms with Gasteiger partial charge in [-0.2, -0.15) is 0 Å². The van der Waals surface area contributed by atoms with E-state index >= 15 is 0 Å². The van der Waals surface area contributed by atoms with Crippen molar-refractivity contribution in [1.82, 2.24) is 5.32 Å². The highest BCUT2D eigenvalue weighted by Crippen LogP contribution is 2.33. The summed E-state index contributed by atoms with van der Waals surface area (Å²) in [5, 5.41) is 3.31. The number of nitrogens with one attached hydrogen (secondary N) is 1. The number of primary amides is 1. The maximum Gasteiger partial charge on any atom is 0.217 e. The van der Waals surface area contributed by atoms with Crippen LogP contribution in [0.1, 0.15) is 37.8 Å². The first-order chi connectivity index (χ1) is 10.0. The summed E-state index contributed by atoms with van der Waals surface area (Å²) in [4.78, 5) is 13.5. The molecule has 21 heavy (non-hydrogen) atoms. The zero-order chi connectivity index (χ0) is 15.4. The van der Waals surface area contributed by atoms with Gasteiger partial charge < -0.3 is 16.0 Å². The SMILES string of the molecule is CNC(C)c1ccc(Br)cc1N1CCC(CC(N)=O)CC1. The number of hydrogen-bond acceptors (Lipinski definition) is 3. The summed E-state index contributed by atoms with van der Waals surface area (Å²) < 4.78 is 1.10. The number of nitrogens with two attached hydrogens (primary N) is 1. The summed E-state index contributed by atoms with van der Waals surface area (Å²) in [6, 6.07) is 6.77. The fraction of sp³-hybridized carbons (Fsp3) is 0.562. The molecule has 1 aromatic rings. The third-order valence-electron chi connectivity index (χ3n) is 4.34. The van der Waals surface area contributed by atoms with Crippen LogP contribution in [0.4, 0.5) is 5.69 Å². The summed E-state index contributed by atoms with van der Waals surface area (Å²) in [6.07, 6.45) is 2.58. The van der Waals surface area contributed by atoms with Gasteiger partial charge in [0.25, 0.3) is 0 Å². The largest absolute Gasteiger partial charge is 0.371 e. The van der Waals surface area contributed by atoms with E-state index in [1.165, 1.54) is 11.3 Å². The molecule has 1 unspecified atom stereocenters. The molecule has 5 heteroatoms. The summed E-state index contributed by atoms with van der Waals surface area (Å²) in [7, 11) is 1.98. The molecular weight excluding hydrogens is 330 g/mol. The van der Waals surface area contributed by atoms with Crippen LogP contribution in [-0.4, -0.2) is 26.0 Å². The zero-order valence-corrected chi connectivity index (χ0v) is 14.3. The second-order valence-corrected chi connectivity index (χ2v) is 6.73. The van der Waals surface area contributed by atoms with Gasteiger partial charge >= 0.3 is 0 Å². The fourth-order valence-corrected chi connectivity index (χ4v) is 3.32. The normalized spacial score (nSPS) is 17.8. The lowest BCUT2D eigenvalue weighted by molar-refractivity contribution is -0.119. The second kappa shape index (κ2) is 7.27. The van der Waals surface area contributed by atoms with E-state index in [0.717, 1.165) is 30.4 Å². The summed E-state index contributed by atoms with van der Waals surface area (Å²) in [5.74, 6) is 0.261. The maximum absolute atomic E-state index is 11.0. The van der Waals surface area contributed by atoms with E-state index in [0.29, 0.717) is 18.4 Å². The number of piperidine rings is 1. The van der Waals surface area contributed by atoms with E-state index in [9.17, 15) is 4.79 Å². The van der Waals surface area contributed by atoms with E-state index in [4.69, 9.17) is 5.73 Å². The van der Waals surface area contributed by atoms with Crippen molar-refractivity contribution in [2.75, 3.05) is 25.0 Å². The van der Waals surface area contributed by atoms with Gasteiger partial charge in [-0.3, -0.25) is 4.79 Å². The van der Waals surface area contributed by atoms with Crippen LogP contribution in [0.25, 0.3) is 0 Å². The molecule has 0 bridgehead atoms. The van der Waals surface area contributed by atoms with E-state index < -0.39 is 0 Å². The van der Waals surface area contributed by atoms with Crippen molar-refractivity contribution < 1.29 is 4.79 Å². The van der Waals surface area contributed by atoms with Crippen LogP contribution in [0.2, 0.25) is 0 Å². The van der Waals surface area contributed by atoms with Crippen LogP contribution in [0.3, 0.4) is 0 Å². The van der Waals surface area contributed by atoms with Crippen LogP contribution >= 0.6 is 15.9 Å². The van der Waals surface area contributed by atoms with Crippen LogP contribution in [0.5, 0.6) is 0 Å². The third-order valence-corrected chi connectivity index (χ3v) is 4.83. The molecule has 0 aliphatic carbocycles. The van der Waals surface area contributed by atoms with E-state index in [2.05, 4.69) is 51.3 Å². The van der Waals surface area contributed by atoms with Crippen LogP contribution in [-0.2, 0) is 4.79 Å². The molecule has 1 saturated heterocycles. The summed E-state index contributed by atoms with van der Waals surface area (Å²) >= 11 is 3.57. The molecule has 116 valence electrons. The van der Waals surface area contributed by atoms with Crippen molar-refractivity contribution in [2.24, 2.45) is 11.7 Å². The van der Waals surface area contributed by atoms with Gasteiger partial charge in [-0.05, 0) is 50.4 Å². The smallest absolute Gasteiger partial charge is 0.217 e. The Balaban J connectivity index is 2.12. The highest BCUT2D eigenvalue weighted by atomic mass is 79.9. The summed E-state index contributed by atoms with van der Waals surface area (Å²) in [5.41, 5.74) is 7.90. The van der Waals surface area contributed by atoms with Crippen molar-refractivity contribution >= 4 is 27.5 Å². The van der Waals surface area contributed by atoms with Gasteiger partial charge in [-0.1, -0.05) is 22.0 Å². The Morgan fingerprint density at radius 2 is 2.14 bits per heavy atom. The van der Waals surface area contributed by atoms with Crippen molar-refractivity contribution in [3.8, 4) is 0 Å². The van der Waals surface area contributed by atoms with Crippen LogP contribution in [0, 0.1) is 5.92 Å². The zero-order valence-electron chi connectivity index (χ0n) is 12.7. The summed E-state index contributed by atoms with van der Waals surface area (Å²) in [6.45, 7) is 4.14. The highest BCUT2D eigenvalue weighted by Gasteiger charge is 2.23. The molecule has 0 saturated carbocycles. The lowest BCUT2D eigenvalue weighted by Crippen LogP contribution is -2.36. The molecular formula is C16H24BrN3O. The second-order valence-electron chi connectivity index (χ2n) is 5.81. The lowest BCUT2D eigenvalue weighted by atomic mass is 9.92. The van der Waals surface area contributed by atoms with Crippen LogP contribution in [0.15, 0.2) is 22.7 Å². The van der Waals surface area contributed by atoms with Gasteiger partial charge in [-0.15, -0.1) is 0 Å². The third kappa shape index (κ3) is 4.20. The molecule has 1 aromatic carbocycles. The number of hydrogen-bond donors (Lipinski definition) is 2. The maximum atomic E-state index is 11.0. The first-order valence-electron chi connectivity index (χ1n) is 7.51. The van der Waals surface area contributed by atoms with Gasteiger partial charge in [0, 0.05) is 35.7 Å². The molecule has 1 heterocycles. The minimum absolute atomic E-state index is 0.180. The first-order valence-corrected chi connectivity index (χ1v) is 8.30. The molecule has 3 N–H and O–H groups in total. The van der Waals surface area contributed by atoms with Gasteiger partial charge in [-0.25, -0.2) is 0 Å². The minimum Gasteiger partial charge on any atom is -0.371 e. The molecule has 1 aliphatic rings. The molecule has 0 spiro atoms. The van der Waals surface area contributed by atoms with Crippen LogP contribution < -0.4 is 16.0 Å². The fourth-order valence-electron chi connectivity index (χ4n) is 2.97. The Morgan fingerprint density at radius 1 is 1.48 bits per heavy atom. The standard InChI is InChI=1S/C16H24BrN3O/c1-11(19-2)14-4-3-13(17)10-15(14)20-7-5-12(6-8-20)9-16(18)21/h3-4,10-12,19H,5-9H2,1-2H3,(H2,18,21). The van der Waals surface area contributed by atoms with E-state index in [-0.39, 0.29) is 5.91 Å². The Morgan fingerprint density at radius 3 is 2.71 bits per heavy atom. The number of anilines is 1. The van der Waals surface area contributed by atoms with Gasteiger partial charge in [0.1, 0.15) is 0 Å². The van der Waals surface area contributed by atoms with E-state index in [1.807, 2.05) is 7.05 Å². The van der Waals surface area contributed by atoms with Gasteiger partial charge in [0.15, 0.2) is 0 Å². The highest BCUT2D eigenvalue weighted by molar-refractivity contribution is 9.10. The molecule has 0 aromatic heterocycles. The average molecular weight is 354 g/mol. The van der Waals surface area contributed by atoms with Crippen molar-refractivity contribution in [2.45, 2.75) is 32.2 Å². The minimum atomic E-state index is -0.180. The molecule has 1 aliphatic heterocycles. The predicted octanol–water partition coefficient (Wildman–Crippen LogP) is 2.82. The molecule has 1 atom stereocenters. The topological polar surface area (TPSA) is 58.4 Å². The van der Waals surface area contributed by atoms with Crippen molar-refractivity contribution in [3.05, 3.63) is 28.2 Å². The molecule has 1 amide bonds. The monoisotopic (exact) mass is 353 g/mol. The average Bonchev–Trinajstić information content (AvgIpc) is 2.46. The number of carbonyl (C=O) groups excluding carboxylic acids is 1. The number of rotatable bonds is 5. The van der Waals surface area contributed by atoms with Crippen molar-refractivity contribution in [3.63, 3.8) is 0 Å². The van der Waals surface area contributed by atoms with Gasteiger partial charge in [0.05, 0.1) is 0 Å². The molecule has 4 nitrogen and oxygen atoms in total. The number of nitrogens with zero attached hydrogens (tertiary/aromatic N) is 1. The Labute approximate surface area is 135 Å². The van der Waals surface area contributed by atoms with E-state index in [1.54, 1.807) is 0 Å². The Kier molecular flexibility index (Phi) is 5.65. The quantitative estimate of drug-likeness (QED) is 0.855. The molecule has 0 radical (unpaired) electrons. The number of halogens is 1. The number of carbonyl (C=O) groups is 1.